The molecule has 2 rings (SSSR count). The second kappa shape index (κ2) is 6.89. The van der Waals surface area contributed by atoms with Crippen molar-refractivity contribution in [2.45, 2.75) is 20.8 Å². The fourth-order valence-electron chi connectivity index (χ4n) is 1.99. The van der Waals surface area contributed by atoms with E-state index in [1.807, 2.05) is 19.9 Å². The van der Waals surface area contributed by atoms with E-state index >= 15 is 0 Å². The van der Waals surface area contributed by atoms with Gasteiger partial charge in [0.25, 0.3) is 5.91 Å². The first-order valence-electron chi connectivity index (χ1n) is 6.97. The number of carbonyl (C=O) groups excluding carboxylic acids is 2. The van der Waals surface area contributed by atoms with Crippen molar-refractivity contribution < 1.29 is 19.1 Å². The lowest BCUT2D eigenvalue weighted by Gasteiger charge is -2.07. The van der Waals surface area contributed by atoms with E-state index in [4.69, 9.17) is 9.47 Å². The van der Waals surface area contributed by atoms with Crippen LogP contribution < -0.4 is 4.74 Å². The Morgan fingerprint density at radius 2 is 1.86 bits per heavy atom. The molecule has 0 amide bonds. The molecule has 1 aromatic heterocycles. The van der Waals surface area contributed by atoms with Gasteiger partial charge in [-0.3, -0.25) is 4.79 Å². The average Bonchev–Trinajstić information content (AvgIpc) is 2.84. The Morgan fingerprint density at radius 1 is 1.18 bits per heavy atom. The summed E-state index contributed by atoms with van der Waals surface area (Å²) in [6, 6.07) is 8.27. The molecule has 1 aromatic carbocycles. The number of aromatic nitrogens is 2. The Balaban J connectivity index is 1.96. The van der Waals surface area contributed by atoms with Crippen LogP contribution in [0, 0.1) is 13.8 Å². The minimum absolute atomic E-state index is 0.124. The monoisotopic (exact) mass is 302 g/mol. The van der Waals surface area contributed by atoms with Crippen molar-refractivity contribution in [1.82, 2.24) is 9.78 Å². The number of rotatable bonds is 5. The van der Waals surface area contributed by atoms with Crippen LogP contribution in [0.3, 0.4) is 0 Å². The first-order valence-corrected chi connectivity index (χ1v) is 6.97. The molecule has 0 aliphatic rings. The third kappa shape index (κ3) is 3.72. The molecule has 0 N–H and O–H groups in total. The summed E-state index contributed by atoms with van der Waals surface area (Å²) in [5.74, 6) is -0.129. The van der Waals surface area contributed by atoms with Gasteiger partial charge in [-0.15, -0.1) is 0 Å². The van der Waals surface area contributed by atoms with Crippen molar-refractivity contribution >= 4 is 11.9 Å². The van der Waals surface area contributed by atoms with E-state index in [2.05, 4.69) is 5.10 Å². The first-order chi connectivity index (χ1) is 10.5. The lowest BCUT2D eigenvalue weighted by Crippen LogP contribution is -2.21. The number of hydrogen-bond donors (Lipinski definition) is 0. The normalized spacial score (nSPS) is 10.3. The van der Waals surface area contributed by atoms with Crippen LogP contribution in [0.25, 0.3) is 0 Å². The fraction of sp³-hybridized carbons (Fsp3) is 0.312. The van der Waals surface area contributed by atoms with Gasteiger partial charge in [0.1, 0.15) is 5.75 Å². The molecule has 0 saturated heterocycles. The van der Waals surface area contributed by atoms with E-state index in [0.717, 1.165) is 11.4 Å². The largest absolute Gasteiger partial charge is 0.484 e. The molecule has 116 valence electrons. The zero-order valence-corrected chi connectivity index (χ0v) is 12.8. The van der Waals surface area contributed by atoms with E-state index < -0.39 is 0 Å². The Bertz CT molecular complexity index is 674. The van der Waals surface area contributed by atoms with E-state index in [0.29, 0.717) is 17.9 Å². The zero-order valence-electron chi connectivity index (χ0n) is 12.8. The van der Waals surface area contributed by atoms with Gasteiger partial charge < -0.3 is 9.47 Å². The van der Waals surface area contributed by atoms with Gasteiger partial charge in [0.05, 0.1) is 17.9 Å². The quantitative estimate of drug-likeness (QED) is 0.793. The molecule has 0 bridgehead atoms. The molecule has 0 radical (unpaired) electrons. The van der Waals surface area contributed by atoms with Gasteiger partial charge >= 0.3 is 5.97 Å². The van der Waals surface area contributed by atoms with E-state index in [-0.39, 0.29) is 18.5 Å². The molecular weight excluding hydrogens is 284 g/mol. The summed E-state index contributed by atoms with van der Waals surface area (Å²) in [5.41, 5.74) is 1.99. The second-order valence-corrected chi connectivity index (χ2v) is 4.77. The van der Waals surface area contributed by atoms with Crippen LogP contribution >= 0.6 is 0 Å². The first kappa shape index (κ1) is 15.8. The molecule has 0 aliphatic heterocycles. The van der Waals surface area contributed by atoms with Crippen LogP contribution in [0.1, 0.15) is 33.5 Å². The molecule has 0 atom stereocenters. The van der Waals surface area contributed by atoms with E-state index in [1.54, 1.807) is 31.2 Å². The maximum Gasteiger partial charge on any atom is 0.338 e. The fourth-order valence-corrected chi connectivity index (χ4v) is 1.99. The van der Waals surface area contributed by atoms with Crippen molar-refractivity contribution in [3.63, 3.8) is 0 Å². The summed E-state index contributed by atoms with van der Waals surface area (Å²) in [6.07, 6.45) is 0. The number of benzene rings is 1. The van der Waals surface area contributed by atoms with Crippen LogP contribution in [0.15, 0.2) is 30.3 Å². The van der Waals surface area contributed by atoms with Gasteiger partial charge in [0.15, 0.2) is 6.61 Å². The van der Waals surface area contributed by atoms with Gasteiger partial charge in [0.2, 0.25) is 0 Å². The van der Waals surface area contributed by atoms with Crippen LogP contribution in [0.5, 0.6) is 5.75 Å². The number of carbonyl (C=O) groups is 2. The number of nitrogens with zero attached hydrogens (tertiary/aromatic N) is 2. The van der Waals surface area contributed by atoms with Crippen LogP contribution in [0.2, 0.25) is 0 Å². The lowest BCUT2D eigenvalue weighted by molar-refractivity contribution is 0.0526. The van der Waals surface area contributed by atoms with Gasteiger partial charge in [-0.2, -0.15) is 5.10 Å². The summed E-state index contributed by atoms with van der Waals surface area (Å²) in [5, 5.41) is 4.11. The number of hydrogen-bond acceptors (Lipinski definition) is 5. The Morgan fingerprint density at radius 3 is 2.41 bits per heavy atom. The van der Waals surface area contributed by atoms with E-state index in [9.17, 15) is 9.59 Å². The molecule has 6 nitrogen and oxygen atoms in total. The SMILES string of the molecule is CCOC(=O)c1ccc(OCC(=O)n2nc(C)cc2C)cc1. The molecule has 6 heteroatoms. The van der Waals surface area contributed by atoms with Crippen LogP contribution in [-0.2, 0) is 4.74 Å². The Hall–Kier alpha value is -2.63. The molecule has 0 unspecified atom stereocenters. The summed E-state index contributed by atoms with van der Waals surface area (Å²) < 4.78 is 11.6. The van der Waals surface area contributed by atoms with Crippen LogP contribution in [0.4, 0.5) is 0 Å². The van der Waals surface area contributed by atoms with Crippen molar-refractivity contribution in [3.8, 4) is 5.75 Å². The summed E-state index contributed by atoms with van der Waals surface area (Å²) >= 11 is 0. The van der Waals surface area contributed by atoms with Crippen molar-refractivity contribution in [2.75, 3.05) is 13.2 Å². The lowest BCUT2D eigenvalue weighted by atomic mass is 10.2. The predicted molar refractivity (Wildman–Crippen MR) is 80.2 cm³/mol. The minimum atomic E-state index is -0.382. The highest BCUT2D eigenvalue weighted by molar-refractivity contribution is 5.89. The Labute approximate surface area is 128 Å². The van der Waals surface area contributed by atoms with Gasteiger partial charge in [0, 0.05) is 5.69 Å². The highest BCUT2D eigenvalue weighted by atomic mass is 16.5. The van der Waals surface area contributed by atoms with Gasteiger partial charge in [-0.05, 0) is 51.1 Å². The average molecular weight is 302 g/mol. The highest BCUT2D eigenvalue weighted by Crippen LogP contribution is 2.13. The van der Waals surface area contributed by atoms with E-state index in [1.165, 1.54) is 4.68 Å². The number of aryl methyl sites for hydroxylation is 2. The van der Waals surface area contributed by atoms with Crippen LogP contribution in [-0.4, -0.2) is 34.9 Å². The van der Waals surface area contributed by atoms with Gasteiger partial charge in [-0.25, -0.2) is 9.48 Å². The summed E-state index contributed by atoms with van der Waals surface area (Å²) in [7, 11) is 0. The number of esters is 1. The molecular formula is C16H18N2O4. The third-order valence-corrected chi connectivity index (χ3v) is 2.97. The maximum atomic E-state index is 12.0. The van der Waals surface area contributed by atoms with Crippen molar-refractivity contribution in [3.05, 3.63) is 47.3 Å². The molecule has 0 saturated carbocycles. The molecule has 0 spiro atoms. The van der Waals surface area contributed by atoms with Gasteiger partial charge in [-0.1, -0.05) is 0 Å². The molecule has 0 fully saturated rings. The molecule has 1 heterocycles. The predicted octanol–water partition coefficient (Wildman–Crippen LogP) is 2.40. The summed E-state index contributed by atoms with van der Waals surface area (Å²) in [6.45, 7) is 5.59. The second-order valence-electron chi connectivity index (χ2n) is 4.77. The maximum absolute atomic E-state index is 12.0. The third-order valence-electron chi connectivity index (χ3n) is 2.97. The molecule has 0 aliphatic carbocycles. The standard InChI is InChI=1S/C16H18N2O4/c1-4-21-16(20)13-5-7-14(8-6-13)22-10-15(19)18-12(3)9-11(2)17-18/h5-9H,4,10H2,1-3H3. The molecule has 22 heavy (non-hydrogen) atoms. The number of ether oxygens (including phenoxy) is 2. The minimum Gasteiger partial charge on any atom is -0.484 e. The molecule has 2 aromatic rings. The smallest absolute Gasteiger partial charge is 0.338 e. The Kier molecular flexibility index (Phi) is 4.93. The van der Waals surface area contributed by atoms with Crippen molar-refractivity contribution in [2.24, 2.45) is 0 Å². The topological polar surface area (TPSA) is 70.4 Å². The van der Waals surface area contributed by atoms with Crippen molar-refractivity contribution in [1.29, 1.82) is 0 Å². The zero-order chi connectivity index (χ0) is 16.1. The summed E-state index contributed by atoms with van der Waals surface area (Å²) in [4.78, 5) is 23.5. The highest BCUT2D eigenvalue weighted by Gasteiger charge is 2.11.